The van der Waals surface area contributed by atoms with Gasteiger partial charge in [-0.3, -0.25) is 4.72 Å². The lowest BCUT2D eigenvalue weighted by molar-refractivity contribution is 0.628. The van der Waals surface area contributed by atoms with E-state index in [4.69, 9.17) is 0 Å². The van der Waals surface area contributed by atoms with Crippen molar-refractivity contribution < 1.29 is 4.39 Å². The molecule has 0 bridgehead atoms. The molecule has 0 aliphatic heterocycles. The lowest BCUT2D eigenvalue weighted by atomic mass is 10.3. The SMILES string of the molecule is CNSc1cccc(Nc2cc(Nc3ccc(F)cc3)ncn2)c1. The molecule has 3 rings (SSSR count). The van der Waals surface area contributed by atoms with Gasteiger partial charge in [0, 0.05) is 22.3 Å². The molecule has 0 radical (unpaired) electrons. The average molecular weight is 341 g/mol. The second-order valence-electron chi connectivity index (χ2n) is 4.88. The minimum Gasteiger partial charge on any atom is -0.340 e. The number of nitrogens with one attached hydrogen (secondary N) is 3. The van der Waals surface area contributed by atoms with Gasteiger partial charge in [0.2, 0.25) is 0 Å². The topological polar surface area (TPSA) is 61.9 Å². The van der Waals surface area contributed by atoms with Crippen molar-refractivity contribution in [2.45, 2.75) is 4.90 Å². The maximum absolute atomic E-state index is 12.9. The molecule has 0 amide bonds. The van der Waals surface area contributed by atoms with Gasteiger partial charge in [0.05, 0.1) is 0 Å². The fourth-order valence-corrected chi connectivity index (χ4v) is 2.65. The molecule has 3 N–H and O–H groups in total. The van der Waals surface area contributed by atoms with Crippen LogP contribution in [0.4, 0.5) is 27.4 Å². The van der Waals surface area contributed by atoms with Crippen molar-refractivity contribution in [3.05, 3.63) is 66.7 Å². The summed E-state index contributed by atoms with van der Waals surface area (Å²) < 4.78 is 16.0. The molecule has 7 heteroatoms. The van der Waals surface area contributed by atoms with Gasteiger partial charge in [-0.05, 0) is 61.5 Å². The van der Waals surface area contributed by atoms with E-state index < -0.39 is 0 Å². The number of aromatic nitrogens is 2. The van der Waals surface area contributed by atoms with E-state index >= 15 is 0 Å². The molecule has 3 aromatic rings. The summed E-state index contributed by atoms with van der Waals surface area (Å²) in [4.78, 5) is 9.50. The summed E-state index contributed by atoms with van der Waals surface area (Å²) in [7, 11) is 1.88. The number of nitrogens with zero attached hydrogens (tertiary/aromatic N) is 2. The first kappa shape index (κ1) is 16.2. The van der Waals surface area contributed by atoms with Crippen molar-refractivity contribution in [2.75, 3.05) is 17.7 Å². The van der Waals surface area contributed by atoms with Crippen molar-refractivity contribution in [1.82, 2.24) is 14.7 Å². The number of rotatable bonds is 6. The lowest BCUT2D eigenvalue weighted by Gasteiger charge is -2.09. The predicted molar refractivity (Wildman–Crippen MR) is 96.4 cm³/mol. The first-order valence-electron chi connectivity index (χ1n) is 7.28. The van der Waals surface area contributed by atoms with Crippen LogP contribution in [-0.2, 0) is 0 Å². The fourth-order valence-electron chi connectivity index (χ4n) is 2.08. The zero-order chi connectivity index (χ0) is 16.8. The third-order valence-corrected chi connectivity index (χ3v) is 3.80. The summed E-state index contributed by atoms with van der Waals surface area (Å²) in [5.74, 6) is 1.02. The Morgan fingerprint density at radius 2 is 1.58 bits per heavy atom. The highest BCUT2D eigenvalue weighted by atomic mass is 32.2. The molecule has 24 heavy (non-hydrogen) atoms. The van der Waals surface area contributed by atoms with E-state index in [0.29, 0.717) is 11.6 Å². The molecule has 1 aromatic heterocycles. The summed E-state index contributed by atoms with van der Waals surface area (Å²) in [5, 5.41) is 6.36. The Bertz CT molecular complexity index is 810. The van der Waals surface area contributed by atoms with Gasteiger partial charge in [0.25, 0.3) is 0 Å². The number of hydrogen-bond donors (Lipinski definition) is 3. The highest BCUT2D eigenvalue weighted by Gasteiger charge is 2.02. The van der Waals surface area contributed by atoms with Gasteiger partial charge in [-0.25, -0.2) is 14.4 Å². The van der Waals surface area contributed by atoms with Crippen LogP contribution in [0.1, 0.15) is 0 Å². The minimum absolute atomic E-state index is 0.273. The summed E-state index contributed by atoms with van der Waals surface area (Å²) in [5.41, 5.74) is 1.69. The smallest absolute Gasteiger partial charge is 0.135 e. The highest BCUT2D eigenvalue weighted by molar-refractivity contribution is 7.97. The molecule has 0 aliphatic carbocycles. The highest BCUT2D eigenvalue weighted by Crippen LogP contribution is 2.23. The summed E-state index contributed by atoms with van der Waals surface area (Å²) >= 11 is 1.54. The molecule has 0 fully saturated rings. The van der Waals surface area contributed by atoms with Crippen molar-refractivity contribution in [2.24, 2.45) is 0 Å². The van der Waals surface area contributed by atoms with Crippen LogP contribution in [-0.4, -0.2) is 17.0 Å². The predicted octanol–water partition coefficient (Wildman–Crippen LogP) is 4.33. The molecular formula is C17H16FN5S. The third kappa shape index (κ3) is 4.43. The second kappa shape index (κ2) is 7.76. The minimum atomic E-state index is -0.273. The molecule has 2 aromatic carbocycles. The normalized spacial score (nSPS) is 10.4. The van der Waals surface area contributed by atoms with Crippen LogP contribution in [0.25, 0.3) is 0 Å². The maximum Gasteiger partial charge on any atom is 0.135 e. The Kier molecular flexibility index (Phi) is 5.25. The molecule has 0 spiro atoms. The number of anilines is 4. The van der Waals surface area contributed by atoms with Crippen LogP contribution >= 0.6 is 11.9 Å². The molecule has 0 aliphatic rings. The fraction of sp³-hybridized carbons (Fsp3) is 0.0588. The van der Waals surface area contributed by atoms with E-state index in [1.807, 2.05) is 31.3 Å². The average Bonchev–Trinajstić information content (AvgIpc) is 2.58. The standard InChI is InChI=1S/C17H16FN5S/c1-19-24-15-4-2-3-14(9-15)23-17-10-16(20-11-21-17)22-13-7-5-12(18)6-8-13/h2-11,19H,1H3,(H2,20,21,22,23). The molecule has 0 saturated heterocycles. The number of hydrogen-bond acceptors (Lipinski definition) is 6. The van der Waals surface area contributed by atoms with E-state index in [0.717, 1.165) is 16.3 Å². The molecular weight excluding hydrogens is 325 g/mol. The molecule has 0 unspecified atom stereocenters. The van der Waals surface area contributed by atoms with Gasteiger partial charge in [0.1, 0.15) is 23.8 Å². The molecule has 122 valence electrons. The third-order valence-electron chi connectivity index (χ3n) is 3.11. The van der Waals surface area contributed by atoms with Crippen molar-refractivity contribution >= 4 is 35.0 Å². The summed E-state index contributed by atoms with van der Waals surface area (Å²) in [6.45, 7) is 0. The zero-order valence-corrected chi connectivity index (χ0v) is 13.8. The van der Waals surface area contributed by atoms with Crippen LogP contribution in [0.5, 0.6) is 0 Å². The first-order valence-corrected chi connectivity index (χ1v) is 8.10. The van der Waals surface area contributed by atoms with Crippen molar-refractivity contribution in [3.8, 4) is 0 Å². The van der Waals surface area contributed by atoms with Gasteiger partial charge in [-0.2, -0.15) is 0 Å². The van der Waals surface area contributed by atoms with Gasteiger partial charge < -0.3 is 10.6 Å². The first-order chi connectivity index (χ1) is 11.7. The van der Waals surface area contributed by atoms with E-state index in [9.17, 15) is 4.39 Å². The second-order valence-corrected chi connectivity index (χ2v) is 5.96. The zero-order valence-electron chi connectivity index (χ0n) is 13.0. The van der Waals surface area contributed by atoms with Crippen molar-refractivity contribution in [3.63, 3.8) is 0 Å². The Morgan fingerprint density at radius 1 is 0.875 bits per heavy atom. The monoisotopic (exact) mass is 341 g/mol. The van der Waals surface area contributed by atoms with Crippen LogP contribution in [0, 0.1) is 5.82 Å². The van der Waals surface area contributed by atoms with Crippen LogP contribution in [0.2, 0.25) is 0 Å². The van der Waals surface area contributed by atoms with Gasteiger partial charge in [-0.1, -0.05) is 6.07 Å². The number of halogens is 1. The van der Waals surface area contributed by atoms with Gasteiger partial charge in [0.15, 0.2) is 0 Å². The maximum atomic E-state index is 12.9. The Balaban J connectivity index is 1.73. The van der Waals surface area contributed by atoms with Crippen LogP contribution in [0.3, 0.4) is 0 Å². The molecule has 1 heterocycles. The van der Waals surface area contributed by atoms with E-state index in [-0.39, 0.29) is 5.82 Å². The van der Waals surface area contributed by atoms with Gasteiger partial charge in [-0.15, -0.1) is 0 Å². The lowest BCUT2D eigenvalue weighted by Crippen LogP contribution is -1.99. The Morgan fingerprint density at radius 3 is 2.29 bits per heavy atom. The van der Waals surface area contributed by atoms with Crippen LogP contribution < -0.4 is 15.4 Å². The Hall–Kier alpha value is -2.64. The largest absolute Gasteiger partial charge is 0.340 e. The van der Waals surface area contributed by atoms with Gasteiger partial charge >= 0.3 is 0 Å². The summed E-state index contributed by atoms with van der Waals surface area (Å²) in [6.07, 6.45) is 1.47. The number of benzene rings is 2. The van der Waals surface area contributed by atoms with Crippen molar-refractivity contribution in [1.29, 1.82) is 0 Å². The molecule has 0 saturated carbocycles. The van der Waals surface area contributed by atoms with E-state index in [1.165, 1.54) is 18.5 Å². The summed E-state index contributed by atoms with van der Waals surface area (Å²) in [6, 6.07) is 15.9. The molecule has 0 atom stereocenters. The quantitative estimate of drug-likeness (QED) is 0.580. The van der Waals surface area contributed by atoms with E-state index in [2.05, 4.69) is 25.3 Å². The van der Waals surface area contributed by atoms with E-state index in [1.54, 1.807) is 30.1 Å². The Labute approximate surface area is 143 Å². The van der Waals surface area contributed by atoms with Crippen LogP contribution in [0.15, 0.2) is 65.8 Å². The molecule has 5 nitrogen and oxygen atoms in total.